The molecule has 0 saturated carbocycles. The van der Waals surface area contributed by atoms with Gasteiger partial charge < -0.3 is 20.4 Å². The number of carbonyl (C=O) groups excluding carboxylic acids is 3. The third kappa shape index (κ3) is 6.19. The quantitative estimate of drug-likeness (QED) is 0.283. The number of hydrogen-bond acceptors (Lipinski definition) is 5. The zero-order valence-corrected chi connectivity index (χ0v) is 25.2. The van der Waals surface area contributed by atoms with E-state index in [9.17, 15) is 14.4 Å². The number of fused-ring (bicyclic) bond motifs is 2. The van der Waals surface area contributed by atoms with Gasteiger partial charge in [0.2, 0.25) is 11.8 Å². The molecule has 0 aromatic heterocycles. The van der Waals surface area contributed by atoms with Crippen LogP contribution in [0.1, 0.15) is 16.7 Å². The van der Waals surface area contributed by atoms with Gasteiger partial charge in [-0.3, -0.25) is 9.59 Å². The molecule has 6 rings (SSSR count). The van der Waals surface area contributed by atoms with Crippen LogP contribution in [0.25, 0.3) is 10.8 Å². The molecule has 0 spiro atoms. The van der Waals surface area contributed by atoms with Crippen LogP contribution in [0.2, 0.25) is 0 Å². The Hall–Kier alpha value is -5.33. The van der Waals surface area contributed by atoms with E-state index >= 15 is 0 Å². The summed E-state index contributed by atoms with van der Waals surface area (Å²) < 4.78 is 0. The molecule has 0 aliphatic carbocycles. The van der Waals surface area contributed by atoms with E-state index in [1.54, 1.807) is 9.91 Å². The van der Waals surface area contributed by atoms with Crippen LogP contribution in [0.15, 0.2) is 97.1 Å². The van der Waals surface area contributed by atoms with Crippen molar-refractivity contribution < 1.29 is 14.4 Å². The fourth-order valence-electron chi connectivity index (χ4n) is 6.29. The maximum absolute atomic E-state index is 14.3. The van der Waals surface area contributed by atoms with Crippen LogP contribution in [0, 0.1) is 12.3 Å². The maximum atomic E-state index is 14.3. The van der Waals surface area contributed by atoms with E-state index in [1.807, 2.05) is 90.8 Å². The molecule has 45 heavy (non-hydrogen) atoms. The number of amides is 4. The van der Waals surface area contributed by atoms with Crippen molar-refractivity contribution in [3.05, 3.63) is 114 Å². The summed E-state index contributed by atoms with van der Waals surface area (Å²) in [6.45, 7) is 0.836. The van der Waals surface area contributed by atoms with Crippen molar-refractivity contribution in [2.75, 3.05) is 32.0 Å². The number of nitrogens with one attached hydrogen (secondary N) is 2. The summed E-state index contributed by atoms with van der Waals surface area (Å²) in [5, 5.41) is 11.4. The molecule has 4 aromatic rings. The van der Waals surface area contributed by atoms with E-state index < -0.39 is 18.2 Å². The first-order chi connectivity index (χ1) is 22.0. The highest BCUT2D eigenvalue weighted by atomic mass is 16.2. The molecule has 2 atom stereocenters. The van der Waals surface area contributed by atoms with Gasteiger partial charge in [0.25, 0.3) is 0 Å². The van der Waals surface area contributed by atoms with Gasteiger partial charge in [0, 0.05) is 32.2 Å². The summed E-state index contributed by atoms with van der Waals surface area (Å²) in [7, 11) is 1.85. The number of nitrogens with zero attached hydrogens (tertiary/aromatic N) is 4. The first-order valence-electron chi connectivity index (χ1n) is 15.1. The van der Waals surface area contributed by atoms with Crippen molar-refractivity contribution in [3.8, 4) is 12.3 Å². The molecule has 2 fully saturated rings. The summed E-state index contributed by atoms with van der Waals surface area (Å²) >= 11 is 0. The Balaban J connectivity index is 1.32. The average molecular weight is 601 g/mol. The number of hydrogen-bond donors (Lipinski definition) is 2. The summed E-state index contributed by atoms with van der Waals surface area (Å²) in [6, 6.07) is 30.5. The van der Waals surface area contributed by atoms with Gasteiger partial charge in [0.15, 0.2) is 0 Å². The van der Waals surface area contributed by atoms with E-state index in [-0.39, 0.29) is 31.4 Å². The first-order valence-corrected chi connectivity index (χ1v) is 15.1. The van der Waals surface area contributed by atoms with Crippen LogP contribution in [-0.2, 0) is 29.1 Å². The minimum absolute atomic E-state index is 0.0222. The second-order valence-electron chi connectivity index (χ2n) is 11.3. The minimum Gasteiger partial charge on any atom is -0.388 e. The molecule has 0 unspecified atom stereocenters. The van der Waals surface area contributed by atoms with E-state index in [1.165, 1.54) is 5.01 Å². The molecule has 0 bridgehead atoms. The van der Waals surface area contributed by atoms with Crippen LogP contribution in [-0.4, -0.2) is 76.6 Å². The molecule has 2 N–H and O–H groups in total. The standard InChI is InChI=1S/C36H36N6O3/c1-3-20-40(36(45)38-22-27-10-5-4-6-11-27)41-25-34(43)42-32(21-26-16-18-30(37-2)19-17-26)35(44)39(24-33(41)42)23-29-14-9-13-28-12-7-8-15-31(28)29/h1,4-19,32-33,37H,20-25H2,2H3,(H,38,45)/t32-,33+/m0/s1. The highest BCUT2D eigenvalue weighted by molar-refractivity contribution is 5.92. The lowest BCUT2D eigenvalue weighted by Gasteiger charge is -2.46. The highest BCUT2D eigenvalue weighted by Gasteiger charge is 2.52. The number of carbonyl (C=O) groups is 3. The fourth-order valence-corrected chi connectivity index (χ4v) is 6.29. The summed E-state index contributed by atoms with van der Waals surface area (Å²) in [6.07, 6.45) is 5.52. The lowest BCUT2D eigenvalue weighted by atomic mass is 9.98. The third-order valence-electron chi connectivity index (χ3n) is 8.55. The predicted octanol–water partition coefficient (Wildman–Crippen LogP) is 4.07. The van der Waals surface area contributed by atoms with Crippen LogP contribution < -0.4 is 10.6 Å². The topological polar surface area (TPSA) is 88.2 Å². The average Bonchev–Trinajstić information content (AvgIpc) is 3.40. The van der Waals surface area contributed by atoms with E-state index in [2.05, 4.69) is 34.8 Å². The number of hydrazine groups is 1. The molecule has 0 radical (unpaired) electrons. The molecule has 2 aliphatic heterocycles. The lowest BCUT2D eigenvalue weighted by Crippen LogP contribution is -2.66. The van der Waals surface area contributed by atoms with Crippen LogP contribution in [0.4, 0.5) is 10.5 Å². The highest BCUT2D eigenvalue weighted by Crippen LogP contribution is 2.31. The van der Waals surface area contributed by atoms with Crippen LogP contribution in [0.3, 0.4) is 0 Å². The zero-order chi connectivity index (χ0) is 31.3. The number of rotatable bonds is 9. The molecule has 9 heteroatoms. The van der Waals surface area contributed by atoms with Gasteiger partial charge in [-0.1, -0.05) is 90.8 Å². The Morgan fingerprint density at radius 3 is 2.42 bits per heavy atom. The molecule has 2 saturated heterocycles. The second-order valence-corrected chi connectivity index (χ2v) is 11.3. The number of anilines is 1. The third-order valence-corrected chi connectivity index (χ3v) is 8.55. The van der Waals surface area contributed by atoms with E-state index in [4.69, 9.17) is 6.42 Å². The number of piperazine rings is 1. The SMILES string of the molecule is C#CCN(C(=O)NCc1ccccc1)N1CC(=O)N2[C@@H](Cc3ccc(NC)cc3)C(=O)N(Cc3cccc4ccccc34)C[C@@H]21. The molecular weight excluding hydrogens is 564 g/mol. The van der Waals surface area contributed by atoms with Gasteiger partial charge in [-0.25, -0.2) is 9.80 Å². The normalized spacial score (nSPS) is 18.0. The minimum atomic E-state index is -0.739. The first kappa shape index (κ1) is 29.7. The van der Waals surface area contributed by atoms with E-state index in [0.29, 0.717) is 19.5 Å². The molecular formula is C36H36N6O3. The van der Waals surface area contributed by atoms with Crippen molar-refractivity contribution >= 4 is 34.3 Å². The lowest BCUT2D eigenvalue weighted by molar-refractivity contribution is -0.157. The van der Waals surface area contributed by atoms with Gasteiger partial charge in [-0.05, 0) is 39.6 Å². The van der Waals surface area contributed by atoms with Crippen molar-refractivity contribution in [3.63, 3.8) is 0 Å². The number of benzene rings is 4. The largest absolute Gasteiger partial charge is 0.388 e. The Bertz CT molecular complexity index is 1730. The van der Waals surface area contributed by atoms with Gasteiger partial charge >= 0.3 is 6.03 Å². The Morgan fingerprint density at radius 1 is 0.933 bits per heavy atom. The van der Waals surface area contributed by atoms with E-state index in [0.717, 1.165) is 33.2 Å². The molecule has 4 aromatic carbocycles. The molecule has 9 nitrogen and oxygen atoms in total. The Morgan fingerprint density at radius 2 is 1.67 bits per heavy atom. The molecule has 2 heterocycles. The predicted molar refractivity (Wildman–Crippen MR) is 174 cm³/mol. The van der Waals surface area contributed by atoms with Crippen LogP contribution >= 0.6 is 0 Å². The van der Waals surface area contributed by atoms with Gasteiger partial charge in [-0.2, -0.15) is 5.01 Å². The summed E-state index contributed by atoms with van der Waals surface area (Å²) in [5.41, 5.74) is 3.85. The zero-order valence-electron chi connectivity index (χ0n) is 25.2. The molecule has 228 valence electrons. The summed E-state index contributed by atoms with van der Waals surface area (Å²) in [5.74, 6) is 2.25. The molecule has 2 aliphatic rings. The van der Waals surface area contributed by atoms with Crippen LogP contribution in [0.5, 0.6) is 0 Å². The Kier molecular flexibility index (Phi) is 8.67. The Labute approximate surface area is 263 Å². The van der Waals surface area contributed by atoms with Crippen molar-refractivity contribution in [1.29, 1.82) is 0 Å². The van der Waals surface area contributed by atoms with Gasteiger partial charge in [0.05, 0.1) is 19.6 Å². The van der Waals surface area contributed by atoms with Gasteiger partial charge in [-0.15, -0.1) is 6.42 Å². The second kappa shape index (κ2) is 13.1. The summed E-state index contributed by atoms with van der Waals surface area (Å²) in [4.78, 5) is 45.0. The number of terminal acetylenes is 1. The smallest absolute Gasteiger partial charge is 0.333 e. The monoisotopic (exact) mass is 600 g/mol. The van der Waals surface area contributed by atoms with Crippen molar-refractivity contribution in [1.82, 2.24) is 25.1 Å². The fraction of sp³-hybridized carbons (Fsp3) is 0.250. The maximum Gasteiger partial charge on any atom is 0.333 e. The molecule has 4 amide bonds. The van der Waals surface area contributed by atoms with Crippen molar-refractivity contribution in [2.45, 2.75) is 31.7 Å². The van der Waals surface area contributed by atoms with Crippen molar-refractivity contribution in [2.24, 2.45) is 0 Å². The number of urea groups is 1. The van der Waals surface area contributed by atoms with Gasteiger partial charge in [0.1, 0.15) is 12.2 Å².